The van der Waals surface area contributed by atoms with E-state index in [0.717, 1.165) is 41.5 Å². The SMILES string of the molecule is Cc1nc(C)c(C(=O)N(CC2CCCN2)C2CC2)s1. The van der Waals surface area contributed by atoms with Gasteiger partial charge in [0, 0.05) is 18.6 Å². The summed E-state index contributed by atoms with van der Waals surface area (Å²) in [5.41, 5.74) is 0.887. The first-order chi connectivity index (χ1) is 9.15. The minimum absolute atomic E-state index is 0.194. The number of nitrogens with zero attached hydrogens (tertiary/aromatic N) is 2. The fourth-order valence-electron chi connectivity index (χ4n) is 2.79. The third kappa shape index (κ3) is 2.82. The van der Waals surface area contributed by atoms with E-state index in [2.05, 4.69) is 15.2 Å². The van der Waals surface area contributed by atoms with Gasteiger partial charge in [-0.2, -0.15) is 0 Å². The molecule has 5 heteroatoms. The standard InChI is InChI=1S/C14H21N3OS/c1-9-13(19-10(2)16-9)14(18)17(12-5-6-12)8-11-4-3-7-15-11/h11-12,15H,3-8H2,1-2H3. The molecule has 0 radical (unpaired) electrons. The van der Waals surface area contributed by atoms with Crippen molar-refractivity contribution in [3.63, 3.8) is 0 Å². The number of amides is 1. The maximum Gasteiger partial charge on any atom is 0.266 e. The molecule has 1 unspecified atom stereocenters. The predicted octanol–water partition coefficient (Wildman–Crippen LogP) is 2.12. The molecule has 1 aromatic heterocycles. The fraction of sp³-hybridized carbons (Fsp3) is 0.714. The van der Waals surface area contributed by atoms with E-state index in [-0.39, 0.29) is 5.91 Å². The minimum Gasteiger partial charge on any atom is -0.333 e. The van der Waals surface area contributed by atoms with Gasteiger partial charge >= 0.3 is 0 Å². The molecule has 1 saturated heterocycles. The first-order valence-electron chi connectivity index (χ1n) is 7.13. The van der Waals surface area contributed by atoms with Crippen LogP contribution in [-0.2, 0) is 0 Å². The number of carbonyl (C=O) groups is 1. The molecule has 2 fully saturated rings. The van der Waals surface area contributed by atoms with Crippen LogP contribution in [0, 0.1) is 13.8 Å². The first-order valence-corrected chi connectivity index (χ1v) is 7.95. The molecule has 1 amide bonds. The van der Waals surface area contributed by atoms with Crippen molar-refractivity contribution < 1.29 is 4.79 Å². The molecule has 0 bridgehead atoms. The zero-order valence-corrected chi connectivity index (χ0v) is 12.4. The number of hydrogen-bond acceptors (Lipinski definition) is 4. The van der Waals surface area contributed by atoms with Crippen molar-refractivity contribution in [2.24, 2.45) is 0 Å². The largest absolute Gasteiger partial charge is 0.333 e. The van der Waals surface area contributed by atoms with Gasteiger partial charge in [0.2, 0.25) is 0 Å². The summed E-state index contributed by atoms with van der Waals surface area (Å²) in [4.78, 5) is 20.0. The number of rotatable bonds is 4. The highest BCUT2D eigenvalue weighted by atomic mass is 32.1. The van der Waals surface area contributed by atoms with Crippen LogP contribution in [0.4, 0.5) is 0 Å². The number of nitrogens with one attached hydrogen (secondary N) is 1. The van der Waals surface area contributed by atoms with Crippen molar-refractivity contribution in [3.8, 4) is 0 Å². The lowest BCUT2D eigenvalue weighted by molar-refractivity contribution is 0.0732. The monoisotopic (exact) mass is 279 g/mol. The normalized spacial score (nSPS) is 22.7. The van der Waals surface area contributed by atoms with Gasteiger partial charge in [-0.25, -0.2) is 4.98 Å². The van der Waals surface area contributed by atoms with E-state index < -0.39 is 0 Å². The van der Waals surface area contributed by atoms with E-state index in [1.54, 1.807) is 0 Å². The maximum atomic E-state index is 12.7. The van der Waals surface area contributed by atoms with Crippen LogP contribution in [0.25, 0.3) is 0 Å². The molecule has 19 heavy (non-hydrogen) atoms. The molecule has 3 rings (SSSR count). The van der Waals surface area contributed by atoms with E-state index in [4.69, 9.17) is 0 Å². The van der Waals surface area contributed by atoms with Gasteiger partial charge in [0.25, 0.3) is 5.91 Å². The summed E-state index contributed by atoms with van der Waals surface area (Å²) in [6, 6.07) is 0.954. The molecule has 1 aliphatic carbocycles. The molecule has 1 atom stereocenters. The third-order valence-corrected chi connectivity index (χ3v) is 4.99. The second kappa shape index (κ2) is 5.21. The smallest absolute Gasteiger partial charge is 0.266 e. The van der Waals surface area contributed by atoms with Crippen LogP contribution < -0.4 is 5.32 Å². The minimum atomic E-state index is 0.194. The molecular weight excluding hydrogens is 258 g/mol. The van der Waals surface area contributed by atoms with Crippen LogP contribution in [0.3, 0.4) is 0 Å². The van der Waals surface area contributed by atoms with Gasteiger partial charge in [-0.1, -0.05) is 0 Å². The van der Waals surface area contributed by atoms with Crippen LogP contribution in [0.15, 0.2) is 0 Å². The number of carbonyl (C=O) groups excluding carboxylic acids is 1. The maximum absolute atomic E-state index is 12.7. The van der Waals surface area contributed by atoms with Crippen molar-refractivity contribution in [1.82, 2.24) is 15.2 Å². The van der Waals surface area contributed by atoms with Gasteiger partial charge < -0.3 is 10.2 Å². The molecule has 1 N–H and O–H groups in total. The van der Waals surface area contributed by atoms with Gasteiger partial charge in [-0.05, 0) is 46.1 Å². The predicted molar refractivity (Wildman–Crippen MR) is 76.7 cm³/mol. The van der Waals surface area contributed by atoms with Gasteiger partial charge in [0.15, 0.2) is 0 Å². The molecule has 2 aliphatic rings. The van der Waals surface area contributed by atoms with Crippen LogP contribution in [0.5, 0.6) is 0 Å². The summed E-state index contributed by atoms with van der Waals surface area (Å²) in [5.74, 6) is 0.194. The van der Waals surface area contributed by atoms with E-state index in [0.29, 0.717) is 12.1 Å². The quantitative estimate of drug-likeness (QED) is 0.918. The van der Waals surface area contributed by atoms with Gasteiger partial charge in [0.1, 0.15) is 4.88 Å². The van der Waals surface area contributed by atoms with Gasteiger partial charge in [-0.3, -0.25) is 4.79 Å². The Labute approximate surface area is 118 Å². The van der Waals surface area contributed by atoms with E-state index >= 15 is 0 Å². The first kappa shape index (κ1) is 13.1. The Hall–Kier alpha value is -0.940. The Morgan fingerprint density at radius 3 is 2.74 bits per heavy atom. The van der Waals surface area contributed by atoms with Crippen molar-refractivity contribution in [1.29, 1.82) is 0 Å². The lowest BCUT2D eigenvalue weighted by Gasteiger charge is -2.25. The summed E-state index contributed by atoms with van der Waals surface area (Å²) < 4.78 is 0. The summed E-state index contributed by atoms with van der Waals surface area (Å²) in [5, 5.41) is 4.47. The van der Waals surface area contributed by atoms with Crippen LogP contribution in [0.2, 0.25) is 0 Å². The van der Waals surface area contributed by atoms with Crippen LogP contribution >= 0.6 is 11.3 Å². The second-order valence-corrected chi connectivity index (χ2v) is 6.83. The van der Waals surface area contributed by atoms with E-state index in [1.807, 2.05) is 13.8 Å². The molecule has 2 heterocycles. The van der Waals surface area contributed by atoms with E-state index in [1.165, 1.54) is 24.2 Å². The highest BCUT2D eigenvalue weighted by Crippen LogP contribution is 2.31. The number of hydrogen-bond donors (Lipinski definition) is 1. The summed E-state index contributed by atoms with van der Waals surface area (Å²) in [7, 11) is 0. The Morgan fingerprint density at radius 2 is 2.21 bits per heavy atom. The van der Waals surface area contributed by atoms with Gasteiger partial charge in [0.05, 0.1) is 10.7 Å². The third-order valence-electron chi connectivity index (χ3n) is 3.93. The zero-order chi connectivity index (χ0) is 13.4. The van der Waals surface area contributed by atoms with Crippen molar-refractivity contribution in [2.75, 3.05) is 13.1 Å². The molecule has 4 nitrogen and oxygen atoms in total. The highest BCUT2D eigenvalue weighted by molar-refractivity contribution is 7.13. The molecule has 1 aromatic rings. The zero-order valence-electron chi connectivity index (χ0n) is 11.6. The Kier molecular flexibility index (Phi) is 3.58. The number of aromatic nitrogens is 1. The summed E-state index contributed by atoms with van der Waals surface area (Å²) >= 11 is 1.53. The highest BCUT2D eigenvalue weighted by Gasteiger charge is 2.36. The molecule has 0 aromatic carbocycles. The summed E-state index contributed by atoms with van der Waals surface area (Å²) in [6.45, 7) is 5.86. The van der Waals surface area contributed by atoms with E-state index in [9.17, 15) is 4.79 Å². The van der Waals surface area contributed by atoms with Gasteiger partial charge in [-0.15, -0.1) is 11.3 Å². The topological polar surface area (TPSA) is 45.2 Å². The Bertz CT molecular complexity index is 475. The lowest BCUT2D eigenvalue weighted by Crippen LogP contribution is -2.42. The van der Waals surface area contributed by atoms with Crippen LogP contribution in [-0.4, -0.2) is 41.0 Å². The lowest BCUT2D eigenvalue weighted by atomic mass is 10.2. The molecule has 1 saturated carbocycles. The van der Waals surface area contributed by atoms with Crippen LogP contribution in [0.1, 0.15) is 46.1 Å². The molecule has 0 spiro atoms. The number of aryl methyl sites for hydroxylation is 2. The second-order valence-electron chi connectivity index (χ2n) is 5.63. The fourth-order valence-corrected chi connectivity index (χ4v) is 3.67. The average molecular weight is 279 g/mol. The Morgan fingerprint density at radius 1 is 1.42 bits per heavy atom. The van der Waals surface area contributed by atoms with Crippen molar-refractivity contribution in [2.45, 2.75) is 51.6 Å². The van der Waals surface area contributed by atoms with Crippen molar-refractivity contribution in [3.05, 3.63) is 15.6 Å². The Balaban J connectivity index is 1.75. The average Bonchev–Trinajstić information content (AvgIpc) is 2.97. The molecule has 1 aliphatic heterocycles. The summed E-state index contributed by atoms with van der Waals surface area (Å²) in [6.07, 6.45) is 4.75. The number of thiazole rings is 1. The molecular formula is C14H21N3OS. The van der Waals surface area contributed by atoms with Crippen molar-refractivity contribution >= 4 is 17.2 Å². The molecule has 104 valence electrons.